The molecule has 1 N–H and O–H groups in total. The Kier molecular flexibility index (Phi) is 1.56. The highest BCUT2D eigenvalue weighted by atomic mass is 14.8. The van der Waals surface area contributed by atoms with Crippen LogP contribution in [0.4, 0.5) is 0 Å². The summed E-state index contributed by atoms with van der Waals surface area (Å²) < 4.78 is 0. The second kappa shape index (κ2) is 2.21. The molecule has 0 atom stereocenters. The number of allylic oxidation sites excluding steroid dienone is 2. The molecule has 0 unspecified atom stereocenters. The monoisotopic (exact) mass is 111 g/mol. The van der Waals surface area contributed by atoms with Crippen molar-refractivity contribution in [3.63, 3.8) is 0 Å². The van der Waals surface area contributed by atoms with E-state index in [4.69, 9.17) is 0 Å². The topological polar surface area (TPSA) is 12.0 Å². The van der Waals surface area contributed by atoms with Crippen molar-refractivity contribution >= 4 is 0 Å². The van der Waals surface area contributed by atoms with E-state index in [9.17, 15) is 0 Å². The van der Waals surface area contributed by atoms with Gasteiger partial charge in [0.05, 0.1) is 0 Å². The van der Waals surface area contributed by atoms with Gasteiger partial charge in [0.25, 0.3) is 0 Å². The van der Waals surface area contributed by atoms with E-state index < -0.39 is 0 Å². The van der Waals surface area contributed by atoms with Gasteiger partial charge in [-0.25, -0.2) is 0 Å². The van der Waals surface area contributed by atoms with Crippen LogP contribution in [-0.4, -0.2) is 7.05 Å². The molecule has 1 saturated carbocycles. The Morgan fingerprint density at radius 3 is 2.38 bits per heavy atom. The SMILES string of the molecule is CCC(NC)=C1CC1. The molecule has 0 saturated heterocycles. The Morgan fingerprint density at radius 2 is 2.25 bits per heavy atom. The van der Waals surface area contributed by atoms with Gasteiger partial charge < -0.3 is 5.32 Å². The summed E-state index contributed by atoms with van der Waals surface area (Å²) in [7, 11) is 2.00. The van der Waals surface area contributed by atoms with Gasteiger partial charge in [0, 0.05) is 12.7 Å². The molecule has 0 heterocycles. The zero-order valence-electron chi connectivity index (χ0n) is 5.62. The van der Waals surface area contributed by atoms with Gasteiger partial charge in [-0.2, -0.15) is 0 Å². The van der Waals surface area contributed by atoms with Gasteiger partial charge in [0.1, 0.15) is 0 Å². The predicted octanol–water partition coefficient (Wildman–Crippen LogP) is 1.66. The normalized spacial score (nSPS) is 16.0. The smallest absolute Gasteiger partial charge is 0.00933 e. The van der Waals surface area contributed by atoms with Crippen LogP contribution in [0.15, 0.2) is 11.3 Å². The van der Waals surface area contributed by atoms with Crippen LogP contribution < -0.4 is 5.32 Å². The molecule has 46 valence electrons. The highest BCUT2D eigenvalue weighted by Gasteiger charge is 2.14. The molecule has 0 amide bonds. The molecule has 0 aromatic carbocycles. The molecule has 1 nitrogen and oxygen atoms in total. The number of hydrogen-bond acceptors (Lipinski definition) is 1. The van der Waals surface area contributed by atoms with Crippen molar-refractivity contribution in [2.45, 2.75) is 26.2 Å². The van der Waals surface area contributed by atoms with Gasteiger partial charge in [0.15, 0.2) is 0 Å². The number of hydrogen-bond donors (Lipinski definition) is 1. The molecular weight excluding hydrogens is 98.1 g/mol. The van der Waals surface area contributed by atoms with Crippen LogP contribution in [0.1, 0.15) is 26.2 Å². The minimum atomic E-state index is 1.17. The zero-order valence-corrected chi connectivity index (χ0v) is 5.62. The fraction of sp³-hybridized carbons (Fsp3) is 0.714. The van der Waals surface area contributed by atoms with E-state index in [1.165, 1.54) is 25.0 Å². The van der Waals surface area contributed by atoms with Crippen LogP contribution in [0, 0.1) is 0 Å². The van der Waals surface area contributed by atoms with Crippen LogP contribution >= 0.6 is 0 Å². The highest BCUT2D eigenvalue weighted by molar-refractivity contribution is 5.23. The summed E-state index contributed by atoms with van der Waals surface area (Å²) in [4.78, 5) is 0. The molecule has 0 radical (unpaired) electrons. The highest BCUT2D eigenvalue weighted by Crippen LogP contribution is 2.31. The maximum absolute atomic E-state index is 3.19. The van der Waals surface area contributed by atoms with Crippen LogP contribution in [0.5, 0.6) is 0 Å². The van der Waals surface area contributed by atoms with E-state index in [2.05, 4.69) is 12.2 Å². The Hall–Kier alpha value is -0.460. The third-order valence-corrected chi connectivity index (χ3v) is 1.58. The Morgan fingerprint density at radius 1 is 1.62 bits per heavy atom. The van der Waals surface area contributed by atoms with Crippen LogP contribution in [0.25, 0.3) is 0 Å². The van der Waals surface area contributed by atoms with Gasteiger partial charge in [-0.3, -0.25) is 0 Å². The number of nitrogens with one attached hydrogen (secondary N) is 1. The van der Waals surface area contributed by atoms with Crippen molar-refractivity contribution in [1.82, 2.24) is 5.32 Å². The first-order valence-corrected chi connectivity index (χ1v) is 3.27. The summed E-state index contributed by atoms with van der Waals surface area (Å²) in [6.45, 7) is 2.19. The lowest BCUT2D eigenvalue weighted by molar-refractivity contribution is 0.892. The molecule has 0 aromatic heterocycles. The van der Waals surface area contributed by atoms with Gasteiger partial charge in [-0.05, 0) is 19.3 Å². The molecule has 0 spiro atoms. The van der Waals surface area contributed by atoms with E-state index in [0.29, 0.717) is 0 Å². The first-order valence-electron chi connectivity index (χ1n) is 3.27. The lowest BCUT2D eigenvalue weighted by atomic mass is 10.3. The first kappa shape index (κ1) is 5.67. The van der Waals surface area contributed by atoms with Crippen molar-refractivity contribution < 1.29 is 0 Å². The van der Waals surface area contributed by atoms with Crippen LogP contribution in [0.3, 0.4) is 0 Å². The van der Waals surface area contributed by atoms with E-state index in [1.807, 2.05) is 7.05 Å². The largest absolute Gasteiger partial charge is 0.391 e. The molecule has 1 aliphatic rings. The third-order valence-electron chi connectivity index (χ3n) is 1.58. The van der Waals surface area contributed by atoms with Gasteiger partial charge >= 0.3 is 0 Å². The molecular formula is C7H13N. The molecule has 1 aliphatic carbocycles. The lowest BCUT2D eigenvalue weighted by Crippen LogP contribution is -2.03. The average molecular weight is 111 g/mol. The summed E-state index contributed by atoms with van der Waals surface area (Å²) in [6.07, 6.45) is 3.85. The van der Waals surface area contributed by atoms with Crippen molar-refractivity contribution in [2.75, 3.05) is 7.05 Å². The second-order valence-electron chi connectivity index (χ2n) is 2.19. The quantitative estimate of drug-likeness (QED) is 0.571. The first-order chi connectivity index (χ1) is 3.88. The standard InChI is InChI=1S/C7H13N/c1-3-7(8-2)6-4-5-6/h8H,3-5H2,1-2H3. The lowest BCUT2D eigenvalue weighted by Gasteiger charge is -1.99. The van der Waals surface area contributed by atoms with E-state index >= 15 is 0 Å². The molecule has 0 aromatic rings. The van der Waals surface area contributed by atoms with E-state index in [-0.39, 0.29) is 0 Å². The second-order valence-corrected chi connectivity index (χ2v) is 2.19. The van der Waals surface area contributed by atoms with Crippen LogP contribution in [0.2, 0.25) is 0 Å². The fourth-order valence-corrected chi connectivity index (χ4v) is 0.968. The summed E-state index contributed by atoms with van der Waals surface area (Å²) in [6, 6.07) is 0. The van der Waals surface area contributed by atoms with E-state index in [1.54, 1.807) is 5.57 Å². The van der Waals surface area contributed by atoms with Crippen molar-refractivity contribution in [1.29, 1.82) is 0 Å². The number of rotatable bonds is 2. The van der Waals surface area contributed by atoms with Gasteiger partial charge in [0.2, 0.25) is 0 Å². The maximum atomic E-state index is 3.19. The predicted molar refractivity (Wildman–Crippen MR) is 35.6 cm³/mol. The summed E-state index contributed by atoms with van der Waals surface area (Å²) in [5, 5.41) is 3.19. The molecule has 1 fully saturated rings. The Bertz CT molecular complexity index is 102. The van der Waals surface area contributed by atoms with Crippen LogP contribution in [-0.2, 0) is 0 Å². The van der Waals surface area contributed by atoms with Crippen molar-refractivity contribution in [2.24, 2.45) is 0 Å². The Labute approximate surface area is 50.8 Å². The summed E-state index contributed by atoms with van der Waals surface area (Å²) in [5.74, 6) is 0. The molecule has 1 rings (SSSR count). The van der Waals surface area contributed by atoms with Gasteiger partial charge in [-0.15, -0.1) is 0 Å². The molecule has 8 heavy (non-hydrogen) atoms. The maximum Gasteiger partial charge on any atom is 0.00933 e. The van der Waals surface area contributed by atoms with E-state index in [0.717, 1.165) is 0 Å². The molecule has 0 bridgehead atoms. The Balaban J connectivity index is 2.49. The van der Waals surface area contributed by atoms with Crippen molar-refractivity contribution in [3.05, 3.63) is 11.3 Å². The summed E-state index contributed by atoms with van der Waals surface area (Å²) >= 11 is 0. The third kappa shape index (κ3) is 1.03. The van der Waals surface area contributed by atoms with Gasteiger partial charge in [-0.1, -0.05) is 12.5 Å². The molecule has 1 heteroatoms. The average Bonchev–Trinajstić information content (AvgIpc) is 2.53. The molecule has 0 aliphatic heterocycles. The summed E-state index contributed by atoms with van der Waals surface area (Å²) in [5.41, 5.74) is 3.10. The fourth-order valence-electron chi connectivity index (χ4n) is 0.968. The minimum Gasteiger partial charge on any atom is -0.391 e. The van der Waals surface area contributed by atoms with Crippen molar-refractivity contribution in [3.8, 4) is 0 Å². The zero-order chi connectivity index (χ0) is 5.98. The minimum absolute atomic E-state index is 1.17.